The van der Waals surface area contributed by atoms with Crippen LogP contribution in [0, 0.1) is 6.92 Å². The summed E-state index contributed by atoms with van der Waals surface area (Å²) in [6.45, 7) is 1.83. The molecular formula is C12H12N4O. The minimum absolute atomic E-state index is 0.286. The van der Waals surface area contributed by atoms with Gasteiger partial charge in [-0.25, -0.2) is 4.98 Å². The number of carbonyl (C=O) groups is 1. The number of hydrogen-bond donors (Lipinski definition) is 2. The molecule has 86 valence electrons. The highest BCUT2D eigenvalue weighted by atomic mass is 16.1. The van der Waals surface area contributed by atoms with Gasteiger partial charge < -0.3 is 11.1 Å². The lowest BCUT2D eigenvalue weighted by Gasteiger charge is -2.07. The zero-order chi connectivity index (χ0) is 12.3. The van der Waals surface area contributed by atoms with E-state index in [4.69, 9.17) is 5.73 Å². The minimum Gasteiger partial charge on any atom is -0.396 e. The standard InChI is InChI=1S/C12H12N4O/c1-8-3-2-4-11(15-8)12(17)16-10-5-6-14-7-9(10)13/h2-7H,13H2,1H3,(H,14,16,17). The number of pyridine rings is 2. The molecule has 2 heterocycles. The Morgan fingerprint density at radius 3 is 2.88 bits per heavy atom. The summed E-state index contributed by atoms with van der Waals surface area (Å²) < 4.78 is 0. The van der Waals surface area contributed by atoms with Gasteiger partial charge in [0, 0.05) is 11.9 Å². The molecule has 0 unspecified atom stereocenters. The molecule has 0 bridgehead atoms. The van der Waals surface area contributed by atoms with Crippen LogP contribution in [-0.4, -0.2) is 15.9 Å². The van der Waals surface area contributed by atoms with E-state index < -0.39 is 0 Å². The second kappa shape index (κ2) is 4.61. The number of anilines is 2. The Morgan fingerprint density at radius 2 is 2.18 bits per heavy atom. The van der Waals surface area contributed by atoms with Gasteiger partial charge in [0.25, 0.3) is 5.91 Å². The average molecular weight is 228 g/mol. The van der Waals surface area contributed by atoms with Gasteiger partial charge in [-0.05, 0) is 25.1 Å². The van der Waals surface area contributed by atoms with Crippen LogP contribution < -0.4 is 11.1 Å². The molecule has 1 amide bonds. The number of aryl methyl sites for hydroxylation is 1. The summed E-state index contributed by atoms with van der Waals surface area (Å²) in [5.74, 6) is -0.286. The summed E-state index contributed by atoms with van der Waals surface area (Å²) in [6, 6.07) is 6.91. The van der Waals surface area contributed by atoms with Crippen LogP contribution in [-0.2, 0) is 0 Å². The van der Waals surface area contributed by atoms with Crippen LogP contribution in [0.5, 0.6) is 0 Å². The maximum absolute atomic E-state index is 11.9. The highest BCUT2D eigenvalue weighted by molar-refractivity contribution is 6.04. The van der Waals surface area contributed by atoms with Gasteiger partial charge in [-0.2, -0.15) is 0 Å². The monoisotopic (exact) mass is 228 g/mol. The number of nitrogens with zero attached hydrogens (tertiary/aromatic N) is 2. The Bertz CT molecular complexity index is 554. The first-order valence-corrected chi connectivity index (χ1v) is 5.11. The first kappa shape index (κ1) is 11.1. The number of nitrogens with one attached hydrogen (secondary N) is 1. The third-order valence-corrected chi connectivity index (χ3v) is 2.22. The molecule has 2 aromatic rings. The van der Waals surface area contributed by atoms with Crippen LogP contribution in [0.25, 0.3) is 0 Å². The van der Waals surface area contributed by atoms with Gasteiger partial charge in [0.1, 0.15) is 5.69 Å². The van der Waals surface area contributed by atoms with Crippen molar-refractivity contribution in [1.82, 2.24) is 9.97 Å². The van der Waals surface area contributed by atoms with Crippen molar-refractivity contribution < 1.29 is 4.79 Å². The van der Waals surface area contributed by atoms with Gasteiger partial charge in [-0.3, -0.25) is 9.78 Å². The smallest absolute Gasteiger partial charge is 0.274 e. The molecule has 0 aliphatic heterocycles. The maximum Gasteiger partial charge on any atom is 0.274 e. The van der Waals surface area contributed by atoms with Crippen LogP contribution >= 0.6 is 0 Å². The molecule has 0 atom stereocenters. The fourth-order valence-electron chi connectivity index (χ4n) is 1.38. The lowest BCUT2D eigenvalue weighted by Crippen LogP contribution is -2.15. The van der Waals surface area contributed by atoms with Crippen molar-refractivity contribution in [2.75, 3.05) is 11.1 Å². The molecule has 3 N–H and O–H groups in total. The summed E-state index contributed by atoms with van der Waals surface area (Å²) >= 11 is 0. The van der Waals surface area contributed by atoms with Gasteiger partial charge in [-0.15, -0.1) is 0 Å². The second-order valence-electron chi connectivity index (χ2n) is 3.58. The van der Waals surface area contributed by atoms with Crippen molar-refractivity contribution >= 4 is 17.3 Å². The maximum atomic E-state index is 11.9. The second-order valence-corrected chi connectivity index (χ2v) is 3.58. The molecule has 17 heavy (non-hydrogen) atoms. The largest absolute Gasteiger partial charge is 0.396 e. The lowest BCUT2D eigenvalue weighted by atomic mass is 10.3. The van der Waals surface area contributed by atoms with Crippen molar-refractivity contribution in [1.29, 1.82) is 0 Å². The number of nitrogen functional groups attached to an aromatic ring is 1. The molecule has 0 aliphatic rings. The van der Waals surface area contributed by atoms with Crippen LogP contribution in [0.1, 0.15) is 16.2 Å². The van der Waals surface area contributed by atoms with Gasteiger partial charge >= 0.3 is 0 Å². The van der Waals surface area contributed by atoms with Crippen LogP contribution in [0.4, 0.5) is 11.4 Å². The minimum atomic E-state index is -0.286. The fraction of sp³-hybridized carbons (Fsp3) is 0.0833. The van der Waals surface area contributed by atoms with E-state index in [1.165, 1.54) is 6.20 Å². The van der Waals surface area contributed by atoms with Gasteiger partial charge in [0.15, 0.2) is 0 Å². The molecule has 0 aromatic carbocycles. The zero-order valence-corrected chi connectivity index (χ0v) is 9.34. The van der Waals surface area contributed by atoms with Crippen molar-refractivity contribution in [3.8, 4) is 0 Å². The molecule has 5 nitrogen and oxygen atoms in total. The Hall–Kier alpha value is -2.43. The van der Waals surface area contributed by atoms with Crippen molar-refractivity contribution in [3.05, 3.63) is 48.0 Å². The summed E-state index contributed by atoms with van der Waals surface area (Å²) in [6.07, 6.45) is 3.05. The molecule has 0 spiro atoms. The van der Waals surface area contributed by atoms with E-state index in [9.17, 15) is 4.79 Å². The number of carbonyl (C=O) groups excluding carboxylic acids is 1. The summed E-state index contributed by atoms with van der Waals surface area (Å²) in [5.41, 5.74) is 7.79. The molecule has 0 saturated heterocycles. The first-order chi connectivity index (χ1) is 8.16. The van der Waals surface area contributed by atoms with Crippen molar-refractivity contribution in [2.45, 2.75) is 6.92 Å². The molecule has 2 rings (SSSR count). The fourth-order valence-corrected chi connectivity index (χ4v) is 1.38. The quantitative estimate of drug-likeness (QED) is 0.818. The molecule has 0 saturated carbocycles. The van der Waals surface area contributed by atoms with Gasteiger partial charge in [-0.1, -0.05) is 6.07 Å². The summed E-state index contributed by atoms with van der Waals surface area (Å²) in [5, 5.41) is 2.69. The van der Waals surface area contributed by atoms with E-state index >= 15 is 0 Å². The Labute approximate surface area is 98.7 Å². The zero-order valence-electron chi connectivity index (χ0n) is 9.34. The molecule has 2 aromatic heterocycles. The Balaban J connectivity index is 2.20. The van der Waals surface area contributed by atoms with Crippen molar-refractivity contribution in [2.24, 2.45) is 0 Å². The molecular weight excluding hydrogens is 216 g/mol. The molecule has 0 aliphatic carbocycles. The predicted octanol–water partition coefficient (Wildman–Crippen LogP) is 1.62. The average Bonchev–Trinajstić information content (AvgIpc) is 2.32. The number of hydrogen-bond acceptors (Lipinski definition) is 4. The van der Waals surface area contributed by atoms with Gasteiger partial charge in [0.05, 0.1) is 17.6 Å². The summed E-state index contributed by atoms with van der Waals surface area (Å²) in [4.78, 5) is 19.8. The number of amides is 1. The molecule has 5 heteroatoms. The van der Waals surface area contributed by atoms with Crippen LogP contribution in [0.15, 0.2) is 36.7 Å². The van der Waals surface area contributed by atoms with E-state index in [0.717, 1.165) is 5.69 Å². The predicted molar refractivity (Wildman–Crippen MR) is 65.6 cm³/mol. The third kappa shape index (κ3) is 2.57. The van der Waals surface area contributed by atoms with E-state index in [0.29, 0.717) is 17.1 Å². The van der Waals surface area contributed by atoms with Gasteiger partial charge in [0.2, 0.25) is 0 Å². The van der Waals surface area contributed by atoms with Crippen LogP contribution in [0.3, 0.4) is 0 Å². The van der Waals surface area contributed by atoms with Crippen molar-refractivity contribution in [3.63, 3.8) is 0 Å². The highest BCUT2D eigenvalue weighted by Crippen LogP contribution is 2.15. The highest BCUT2D eigenvalue weighted by Gasteiger charge is 2.08. The van der Waals surface area contributed by atoms with E-state index in [1.54, 1.807) is 24.4 Å². The summed E-state index contributed by atoms with van der Waals surface area (Å²) in [7, 11) is 0. The number of aromatic nitrogens is 2. The molecule has 0 radical (unpaired) electrons. The number of nitrogens with two attached hydrogens (primary N) is 1. The van der Waals surface area contributed by atoms with Crippen LogP contribution in [0.2, 0.25) is 0 Å². The van der Waals surface area contributed by atoms with E-state index in [1.807, 2.05) is 13.0 Å². The topological polar surface area (TPSA) is 80.9 Å². The first-order valence-electron chi connectivity index (χ1n) is 5.11. The Kier molecular flexibility index (Phi) is 3.00. The SMILES string of the molecule is Cc1cccc(C(=O)Nc2ccncc2N)n1. The van der Waals surface area contributed by atoms with E-state index in [2.05, 4.69) is 15.3 Å². The Morgan fingerprint density at radius 1 is 1.35 bits per heavy atom. The number of rotatable bonds is 2. The normalized spacial score (nSPS) is 9.94. The lowest BCUT2D eigenvalue weighted by molar-refractivity contribution is 0.102. The molecule has 0 fully saturated rings. The van der Waals surface area contributed by atoms with E-state index in [-0.39, 0.29) is 5.91 Å². The third-order valence-electron chi connectivity index (χ3n) is 2.22.